The smallest absolute Gasteiger partial charge is 0.144 e. The summed E-state index contributed by atoms with van der Waals surface area (Å²) in [5.41, 5.74) is 8.40. The van der Waals surface area contributed by atoms with Crippen molar-refractivity contribution < 1.29 is 8.83 Å². The Morgan fingerprint density at radius 1 is 0.385 bits per heavy atom. The van der Waals surface area contributed by atoms with E-state index in [0.717, 1.165) is 48.7 Å². The highest BCUT2D eigenvalue weighted by Gasteiger charge is 2.14. The minimum Gasteiger partial charge on any atom is -0.455 e. The van der Waals surface area contributed by atoms with E-state index in [1.165, 1.54) is 21.9 Å². The monoisotopic (exact) mass is 566 g/mol. The number of hydrogen-bond donors (Lipinski definition) is 0. The van der Waals surface area contributed by atoms with Crippen LogP contribution in [0.25, 0.3) is 66.1 Å². The maximum Gasteiger partial charge on any atom is 0.144 e. The largest absolute Gasteiger partial charge is 0.455 e. The van der Waals surface area contributed by atoms with E-state index in [1.807, 2.05) is 60.7 Å². The highest BCUT2D eigenvalue weighted by molar-refractivity contribution is 9.10. The first kappa shape index (κ1) is 23.5. The van der Waals surface area contributed by atoms with Crippen molar-refractivity contribution in [2.45, 2.75) is 0 Å². The Balaban J connectivity index is 0.000000130. The fraction of sp³-hybridized carbons (Fsp3) is 0. The zero-order valence-corrected chi connectivity index (χ0v) is 22.6. The summed E-state index contributed by atoms with van der Waals surface area (Å²) in [6, 6.07) is 47.5. The molecule has 0 saturated carbocycles. The van der Waals surface area contributed by atoms with Gasteiger partial charge in [-0.2, -0.15) is 0 Å². The average molecular weight is 567 g/mol. The van der Waals surface area contributed by atoms with Gasteiger partial charge in [0.05, 0.1) is 0 Å². The van der Waals surface area contributed by atoms with Crippen LogP contribution in [0.15, 0.2) is 153 Å². The van der Waals surface area contributed by atoms with Gasteiger partial charge in [0, 0.05) is 37.1 Å². The van der Waals surface area contributed by atoms with Gasteiger partial charge in [0.25, 0.3) is 0 Å². The van der Waals surface area contributed by atoms with Crippen molar-refractivity contribution in [3.05, 3.63) is 144 Å². The number of rotatable bonds is 2. The maximum atomic E-state index is 6.09. The number of benzene rings is 6. The van der Waals surface area contributed by atoms with Gasteiger partial charge in [-0.1, -0.05) is 131 Å². The normalized spacial score (nSPS) is 11.2. The molecule has 0 aliphatic heterocycles. The van der Waals surface area contributed by atoms with Crippen LogP contribution in [0.2, 0.25) is 0 Å². The molecular formula is C36H23BrO2. The summed E-state index contributed by atoms with van der Waals surface area (Å²) < 4.78 is 13.2. The second-order valence-corrected chi connectivity index (χ2v) is 10.3. The van der Waals surface area contributed by atoms with E-state index in [1.54, 1.807) is 0 Å². The van der Waals surface area contributed by atoms with Crippen molar-refractivity contribution in [1.29, 1.82) is 0 Å². The third kappa shape index (κ3) is 4.21. The van der Waals surface area contributed by atoms with Crippen LogP contribution >= 0.6 is 15.9 Å². The molecule has 0 aliphatic rings. The van der Waals surface area contributed by atoms with Gasteiger partial charge in [-0.25, -0.2) is 0 Å². The van der Waals surface area contributed by atoms with Gasteiger partial charge in [-0.15, -0.1) is 0 Å². The summed E-state index contributed by atoms with van der Waals surface area (Å²) in [5, 5.41) is 4.64. The second kappa shape index (κ2) is 9.94. The first-order valence-corrected chi connectivity index (χ1v) is 13.7. The maximum absolute atomic E-state index is 6.09. The Bertz CT molecular complexity index is 2070. The highest BCUT2D eigenvalue weighted by atomic mass is 79.9. The average Bonchev–Trinajstić information content (AvgIpc) is 3.58. The predicted octanol–water partition coefficient (Wildman–Crippen LogP) is 11.3. The fourth-order valence-electron chi connectivity index (χ4n) is 5.22. The Morgan fingerprint density at radius 3 is 1.59 bits per heavy atom. The van der Waals surface area contributed by atoms with E-state index in [9.17, 15) is 0 Å². The summed E-state index contributed by atoms with van der Waals surface area (Å²) in [4.78, 5) is 0. The van der Waals surface area contributed by atoms with Crippen LogP contribution in [-0.4, -0.2) is 0 Å². The third-order valence-corrected chi connectivity index (χ3v) is 7.71. The molecule has 39 heavy (non-hydrogen) atoms. The number of hydrogen-bond acceptors (Lipinski definition) is 2. The zero-order valence-electron chi connectivity index (χ0n) is 21.0. The number of halogens is 1. The molecular weight excluding hydrogens is 544 g/mol. The van der Waals surface area contributed by atoms with Crippen LogP contribution in [0.1, 0.15) is 0 Å². The van der Waals surface area contributed by atoms with Gasteiger partial charge >= 0.3 is 0 Å². The molecule has 0 amide bonds. The molecule has 2 nitrogen and oxygen atoms in total. The molecule has 3 heteroatoms. The summed E-state index contributed by atoms with van der Waals surface area (Å²) >= 11 is 3.64. The molecule has 0 bridgehead atoms. The fourth-order valence-corrected chi connectivity index (χ4v) is 5.75. The topological polar surface area (TPSA) is 26.3 Å². The lowest BCUT2D eigenvalue weighted by Gasteiger charge is -2.03. The van der Waals surface area contributed by atoms with E-state index in [4.69, 9.17) is 8.83 Å². The Morgan fingerprint density at radius 2 is 0.897 bits per heavy atom. The molecule has 6 aromatic carbocycles. The molecule has 2 heterocycles. The number of fused-ring (bicyclic) bond motifs is 6. The molecule has 0 aliphatic carbocycles. The second-order valence-electron chi connectivity index (χ2n) is 9.41. The molecule has 186 valence electrons. The van der Waals surface area contributed by atoms with Crippen LogP contribution < -0.4 is 0 Å². The van der Waals surface area contributed by atoms with Crippen molar-refractivity contribution in [2.24, 2.45) is 0 Å². The SMILES string of the molecule is Brc1ccc(-c2ccccc2)c2oc3ccccc3c12.c1ccc(-c2cccc3c2oc2ccccc23)cc1. The molecule has 0 unspecified atom stereocenters. The number of furan rings is 2. The molecule has 0 radical (unpaired) electrons. The first-order chi connectivity index (χ1) is 19.3. The molecule has 0 N–H and O–H groups in total. The van der Waals surface area contributed by atoms with Crippen LogP contribution in [0.5, 0.6) is 0 Å². The van der Waals surface area contributed by atoms with E-state index in [0.29, 0.717) is 0 Å². The standard InChI is InChI=1S/C18H11BrO.C18H12O/c19-15-11-10-13(12-6-2-1-3-7-12)18-17(15)14-8-4-5-9-16(14)20-18;1-2-7-13(8-3-1)14-10-6-11-16-15-9-4-5-12-17(15)19-18(14)16/h1-11H;1-12H. The van der Waals surface area contributed by atoms with Crippen molar-refractivity contribution in [3.63, 3.8) is 0 Å². The van der Waals surface area contributed by atoms with Crippen molar-refractivity contribution >= 4 is 59.8 Å². The minimum atomic E-state index is 0.923. The molecule has 0 saturated heterocycles. The minimum absolute atomic E-state index is 0.923. The summed E-state index contributed by atoms with van der Waals surface area (Å²) in [7, 11) is 0. The lowest BCUT2D eigenvalue weighted by Crippen LogP contribution is -1.79. The summed E-state index contributed by atoms with van der Waals surface area (Å²) in [5.74, 6) is 0. The molecule has 0 atom stereocenters. The van der Waals surface area contributed by atoms with Crippen LogP contribution in [0, 0.1) is 0 Å². The van der Waals surface area contributed by atoms with E-state index in [-0.39, 0.29) is 0 Å². The predicted molar refractivity (Wildman–Crippen MR) is 166 cm³/mol. The van der Waals surface area contributed by atoms with Crippen molar-refractivity contribution in [1.82, 2.24) is 0 Å². The van der Waals surface area contributed by atoms with Crippen LogP contribution in [0.3, 0.4) is 0 Å². The molecule has 2 aromatic heterocycles. The molecule has 8 rings (SSSR count). The Hall–Kier alpha value is -4.60. The van der Waals surface area contributed by atoms with Crippen molar-refractivity contribution in [2.75, 3.05) is 0 Å². The molecule has 8 aromatic rings. The summed E-state index contributed by atoms with van der Waals surface area (Å²) in [6.07, 6.45) is 0. The van der Waals surface area contributed by atoms with Gasteiger partial charge in [0.15, 0.2) is 0 Å². The van der Waals surface area contributed by atoms with Crippen LogP contribution in [-0.2, 0) is 0 Å². The van der Waals surface area contributed by atoms with Gasteiger partial charge in [0.1, 0.15) is 22.3 Å². The number of para-hydroxylation sites is 3. The van der Waals surface area contributed by atoms with Crippen LogP contribution in [0.4, 0.5) is 0 Å². The van der Waals surface area contributed by atoms with E-state index < -0.39 is 0 Å². The quantitative estimate of drug-likeness (QED) is 0.208. The highest BCUT2D eigenvalue weighted by Crippen LogP contribution is 2.40. The van der Waals surface area contributed by atoms with Gasteiger partial charge in [0.2, 0.25) is 0 Å². The van der Waals surface area contributed by atoms with Gasteiger partial charge in [-0.3, -0.25) is 0 Å². The Labute approximate surface area is 234 Å². The molecule has 0 fully saturated rings. The van der Waals surface area contributed by atoms with E-state index >= 15 is 0 Å². The van der Waals surface area contributed by atoms with E-state index in [2.05, 4.69) is 94.8 Å². The summed E-state index contributed by atoms with van der Waals surface area (Å²) in [6.45, 7) is 0. The lowest BCUT2D eigenvalue weighted by molar-refractivity contribution is 0.669. The van der Waals surface area contributed by atoms with Gasteiger partial charge in [-0.05, 0) is 35.4 Å². The first-order valence-electron chi connectivity index (χ1n) is 12.9. The Kier molecular flexibility index (Phi) is 5.99. The third-order valence-electron chi connectivity index (χ3n) is 7.05. The van der Waals surface area contributed by atoms with Gasteiger partial charge < -0.3 is 8.83 Å². The zero-order chi connectivity index (χ0) is 26.2. The van der Waals surface area contributed by atoms with Crippen molar-refractivity contribution in [3.8, 4) is 22.3 Å². The molecule has 0 spiro atoms. The lowest BCUT2D eigenvalue weighted by atomic mass is 10.0.